The number of amides is 1. The first-order chi connectivity index (χ1) is 10.9. The molecule has 2 N–H and O–H groups in total. The highest BCUT2D eigenvalue weighted by molar-refractivity contribution is 7.91. The van der Waals surface area contributed by atoms with E-state index in [0.29, 0.717) is 18.0 Å². The minimum atomic E-state index is -3.05. The first kappa shape index (κ1) is 15.4. The van der Waals surface area contributed by atoms with Crippen LogP contribution in [0.5, 0.6) is 0 Å². The molecule has 0 radical (unpaired) electrons. The van der Waals surface area contributed by atoms with Crippen molar-refractivity contribution in [1.29, 1.82) is 0 Å². The zero-order valence-corrected chi connectivity index (χ0v) is 13.1. The second-order valence-corrected chi connectivity index (χ2v) is 7.52. The molecule has 2 aromatic heterocycles. The van der Waals surface area contributed by atoms with E-state index in [1.807, 2.05) is 0 Å². The minimum absolute atomic E-state index is 0.0346. The highest BCUT2D eigenvalue weighted by Gasteiger charge is 2.29. The van der Waals surface area contributed by atoms with Crippen LogP contribution in [-0.4, -0.2) is 47.0 Å². The summed E-state index contributed by atoms with van der Waals surface area (Å²) in [6, 6.07) is 2.74. The Labute approximate surface area is 132 Å². The number of hydrogen-bond donors (Lipinski definition) is 2. The van der Waals surface area contributed by atoms with Gasteiger partial charge in [-0.05, 0) is 19.4 Å². The van der Waals surface area contributed by atoms with Crippen molar-refractivity contribution >= 4 is 27.5 Å². The molecule has 0 aromatic carbocycles. The van der Waals surface area contributed by atoms with Crippen LogP contribution < -0.4 is 10.6 Å². The average molecular weight is 337 g/mol. The summed E-state index contributed by atoms with van der Waals surface area (Å²) in [5, 5.41) is 9.25. The number of nitrogens with zero attached hydrogens (tertiary/aromatic N) is 3. The number of rotatable bonds is 4. The smallest absolute Gasteiger partial charge is 0.270 e. The summed E-state index contributed by atoms with van der Waals surface area (Å²) >= 11 is 0. The van der Waals surface area contributed by atoms with Gasteiger partial charge < -0.3 is 15.2 Å². The van der Waals surface area contributed by atoms with Gasteiger partial charge in [0.25, 0.3) is 5.91 Å². The van der Waals surface area contributed by atoms with Gasteiger partial charge in [-0.15, -0.1) is 0 Å². The molecule has 1 amide bonds. The molecule has 1 aliphatic heterocycles. The van der Waals surface area contributed by atoms with Crippen molar-refractivity contribution in [2.75, 3.05) is 16.8 Å². The molecular weight excluding hydrogens is 322 g/mol. The molecule has 122 valence electrons. The maximum Gasteiger partial charge on any atom is 0.270 e. The van der Waals surface area contributed by atoms with Crippen molar-refractivity contribution in [3.05, 3.63) is 29.8 Å². The molecule has 2 aromatic rings. The number of sulfone groups is 1. The number of hydrogen-bond acceptors (Lipinski definition) is 8. The summed E-state index contributed by atoms with van der Waals surface area (Å²) in [7, 11) is -3.05. The topological polar surface area (TPSA) is 127 Å². The fourth-order valence-corrected chi connectivity index (χ4v) is 3.93. The molecule has 0 spiro atoms. The number of aromatic nitrogens is 3. The van der Waals surface area contributed by atoms with Crippen molar-refractivity contribution in [3.8, 4) is 0 Å². The third-order valence-corrected chi connectivity index (χ3v) is 5.09. The van der Waals surface area contributed by atoms with Crippen LogP contribution in [0, 0.1) is 6.92 Å². The lowest BCUT2D eigenvalue weighted by Gasteiger charge is -2.10. The quantitative estimate of drug-likeness (QED) is 0.822. The molecule has 9 nitrogen and oxygen atoms in total. The van der Waals surface area contributed by atoms with Gasteiger partial charge in [-0.3, -0.25) is 4.79 Å². The number of carbonyl (C=O) groups excluding carboxylic acids is 1. The summed E-state index contributed by atoms with van der Waals surface area (Å²) in [6.07, 6.45) is 1.85. The molecule has 0 aliphatic carbocycles. The van der Waals surface area contributed by atoms with Gasteiger partial charge in [-0.2, -0.15) is 0 Å². The van der Waals surface area contributed by atoms with E-state index in [-0.39, 0.29) is 29.2 Å². The van der Waals surface area contributed by atoms with Crippen molar-refractivity contribution in [1.82, 2.24) is 20.4 Å². The van der Waals surface area contributed by atoms with Crippen LogP contribution in [0.2, 0.25) is 0 Å². The van der Waals surface area contributed by atoms with Crippen LogP contribution in [0.25, 0.3) is 0 Å². The van der Waals surface area contributed by atoms with Crippen LogP contribution in [-0.2, 0) is 9.84 Å². The summed E-state index contributed by atoms with van der Waals surface area (Å²) in [6.45, 7) is 1.75. The third-order valence-electron chi connectivity index (χ3n) is 3.32. The standard InChI is InChI=1S/C13H15N5O4S/c1-8-6-11(18-22-8)17-13-14-4-2-10(16-13)12(19)15-9-3-5-23(20,21)7-9/h2,4,6,9H,3,5,7H2,1H3,(H,15,19)(H,14,16,17,18). The minimum Gasteiger partial charge on any atom is -0.360 e. The van der Waals surface area contributed by atoms with Crippen molar-refractivity contribution < 1.29 is 17.7 Å². The second-order valence-electron chi connectivity index (χ2n) is 5.29. The van der Waals surface area contributed by atoms with Crippen LogP contribution in [0.4, 0.5) is 11.8 Å². The van der Waals surface area contributed by atoms with Crippen molar-refractivity contribution in [2.24, 2.45) is 0 Å². The van der Waals surface area contributed by atoms with E-state index >= 15 is 0 Å². The summed E-state index contributed by atoms with van der Waals surface area (Å²) in [5.74, 6) is 0.886. The Kier molecular flexibility index (Phi) is 3.99. The van der Waals surface area contributed by atoms with Crippen molar-refractivity contribution in [3.63, 3.8) is 0 Å². The Hall–Kier alpha value is -2.49. The molecule has 1 aliphatic rings. The molecule has 10 heteroatoms. The van der Waals surface area contributed by atoms with Gasteiger partial charge in [-0.1, -0.05) is 5.16 Å². The van der Waals surface area contributed by atoms with E-state index in [9.17, 15) is 13.2 Å². The molecule has 0 bridgehead atoms. The molecule has 23 heavy (non-hydrogen) atoms. The fraction of sp³-hybridized carbons (Fsp3) is 0.385. The van der Waals surface area contributed by atoms with Gasteiger partial charge >= 0.3 is 0 Å². The summed E-state index contributed by atoms with van der Waals surface area (Å²) in [4.78, 5) is 20.3. The Morgan fingerprint density at radius 3 is 2.91 bits per heavy atom. The number of aryl methyl sites for hydroxylation is 1. The highest BCUT2D eigenvalue weighted by atomic mass is 32.2. The van der Waals surface area contributed by atoms with E-state index in [1.54, 1.807) is 13.0 Å². The summed E-state index contributed by atoms with van der Waals surface area (Å²) in [5.41, 5.74) is 0.145. The Morgan fingerprint density at radius 2 is 2.26 bits per heavy atom. The first-order valence-electron chi connectivity index (χ1n) is 6.96. The maximum absolute atomic E-state index is 12.2. The van der Waals surface area contributed by atoms with Gasteiger partial charge in [0.1, 0.15) is 11.5 Å². The number of nitrogens with one attached hydrogen (secondary N) is 2. The Morgan fingerprint density at radius 1 is 1.43 bits per heavy atom. The van der Waals surface area contributed by atoms with Crippen molar-refractivity contribution in [2.45, 2.75) is 19.4 Å². The number of anilines is 2. The molecule has 3 rings (SSSR count). The van der Waals surface area contributed by atoms with Gasteiger partial charge in [0.05, 0.1) is 11.5 Å². The summed E-state index contributed by atoms with van der Waals surface area (Å²) < 4.78 is 27.7. The number of carbonyl (C=O) groups is 1. The van der Waals surface area contributed by atoms with Gasteiger partial charge in [0.15, 0.2) is 15.7 Å². The maximum atomic E-state index is 12.2. The lowest BCUT2D eigenvalue weighted by atomic mass is 10.2. The molecule has 1 fully saturated rings. The predicted octanol–water partition coefficient (Wildman–Crippen LogP) is 0.434. The lowest BCUT2D eigenvalue weighted by Crippen LogP contribution is -2.36. The van der Waals surface area contributed by atoms with Crippen LogP contribution in [0.3, 0.4) is 0 Å². The largest absolute Gasteiger partial charge is 0.360 e. The highest BCUT2D eigenvalue weighted by Crippen LogP contribution is 2.14. The van der Waals surface area contributed by atoms with E-state index in [0.717, 1.165) is 0 Å². The molecule has 3 heterocycles. The van der Waals surface area contributed by atoms with E-state index in [2.05, 4.69) is 25.8 Å². The van der Waals surface area contributed by atoms with E-state index < -0.39 is 15.7 Å². The van der Waals surface area contributed by atoms with Crippen LogP contribution in [0.1, 0.15) is 22.7 Å². The van der Waals surface area contributed by atoms with Gasteiger partial charge in [0, 0.05) is 18.3 Å². The molecule has 1 saturated heterocycles. The van der Waals surface area contributed by atoms with Gasteiger partial charge in [-0.25, -0.2) is 18.4 Å². The molecule has 0 saturated carbocycles. The van der Waals surface area contributed by atoms with Crippen LogP contribution in [0.15, 0.2) is 22.9 Å². The zero-order valence-electron chi connectivity index (χ0n) is 12.3. The average Bonchev–Trinajstić information content (AvgIpc) is 3.04. The predicted molar refractivity (Wildman–Crippen MR) is 81.1 cm³/mol. The Balaban J connectivity index is 1.68. The SMILES string of the molecule is Cc1cc(Nc2nccc(C(=O)NC3CCS(=O)(=O)C3)n2)no1. The fourth-order valence-electron chi connectivity index (χ4n) is 2.25. The molecule has 1 unspecified atom stereocenters. The van der Waals surface area contributed by atoms with Crippen LogP contribution >= 0.6 is 0 Å². The third kappa shape index (κ3) is 3.83. The van der Waals surface area contributed by atoms with E-state index in [4.69, 9.17) is 4.52 Å². The molecule has 1 atom stereocenters. The Bertz CT molecular complexity index is 832. The first-order valence-corrected chi connectivity index (χ1v) is 8.78. The van der Waals surface area contributed by atoms with E-state index in [1.165, 1.54) is 12.3 Å². The molecular formula is C13H15N5O4S. The normalized spacial score (nSPS) is 19.4. The second kappa shape index (κ2) is 5.95. The monoisotopic (exact) mass is 337 g/mol. The van der Waals surface area contributed by atoms with Gasteiger partial charge in [0.2, 0.25) is 5.95 Å². The lowest BCUT2D eigenvalue weighted by molar-refractivity contribution is 0.0936. The zero-order chi connectivity index (χ0) is 16.4.